The Hall–Kier alpha value is -8.29. The Morgan fingerprint density at radius 2 is 1.27 bits per heavy atom. The molecule has 26 heteroatoms. The van der Waals surface area contributed by atoms with E-state index in [1.807, 2.05) is 38.1 Å². The highest BCUT2D eigenvalue weighted by atomic mass is 16.3. The quantitative estimate of drug-likeness (QED) is 0.0208. The van der Waals surface area contributed by atoms with E-state index in [2.05, 4.69) is 57.8 Å². The third-order valence-electron chi connectivity index (χ3n) is 14.1. The maximum atomic E-state index is 14.2. The van der Waals surface area contributed by atoms with E-state index in [0.29, 0.717) is 30.5 Å². The van der Waals surface area contributed by atoms with E-state index in [1.54, 1.807) is 27.0 Å². The molecule has 2 aliphatic heterocycles. The number of para-hydroxylation sites is 1. The number of hydrogen-bond acceptors (Lipinski definition) is 13. The Bertz CT molecular complexity index is 2760. The Morgan fingerprint density at radius 1 is 0.695 bits per heavy atom. The third kappa shape index (κ3) is 19.2. The predicted octanol–water partition coefficient (Wildman–Crippen LogP) is -1.38. The highest BCUT2D eigenvalue weighted by Crippen LogP contribution is 2.22. The first-order valence-electron chi connectivity index (χ1n) is 28.0. The van der Waals surface area contributed by atoms with Gasteiger partial charge in [0.15, 0.2) is 5.96 Å². The Kier molecular flexibility index (Phi) is 24.4. The van der Waals surface area contributed by atoms with Gasteiger partial charge in [-0.3, -0.25) is 52.9 Å². The largest absolute Gasteiger partial charge is 0.508 e. The van der Waals surface area contributed by atoms with Crippen molar-refractivity contribution in [2.45, 2.75) is 160 Å². The minimum atomic E-state index is -1.69. The molecule has 10 amide bonds. The average Bonchev–Trinajstić information content (AvgIpc) is 4.32. The molecule has 2 aliphatic rings. The number of likely N-dealkylation sites (tertiary alicyclic amines) is 1. The number of aliphatic imine (C=N–C) groups is 1. The summed E-state index contributed by atoms with van der Waals surface area (Å²) in [4.78, 5) is 146. The number of nitrogens with zero attached hydrogens (tertiary/aromatic N) is 2. The fraction of sp³-hybridized carbons (Fsp3) is 0.554. The number of phenols is 1. The molecule has 0 unspecified atom stereocenters. The van der Waals surface area contributed by atoms with Crippen molar-refractivity contribution < 1.29 is 58.2 Å². The Morgan fingerprint density at radius 3 is 1.88 bits per heavy atom. The van der Waals surface area contributed by atoms with Crippen LogP contribution in [-0.4, -0.2) is 166 Å². The lowest BCUT2D eigenvalue weighted by Gasteiger charge is -2.30. The molecule has 26 nitrogen and oxygen atoms in total. The molecule has 16 N–H and O–H groups in total. The minimum Gasteiger partial charge on any atom is -0.508 e. The average molecular weight is 1140 g/mol. The fourth-order valence-corrected chi connectivity index (χ4v) is 9.81. The van der Waals surface area contributed by atoms with Crippen LogP contribution < -0.4 is 59.3 Å². The molecule has 5 rings (SSSR count). The third-order valence-corrected chi connectivity index (χ3v) is 14.1. The maximum absolute atomic E-state index is 14.2. The second kappa shape index (κ2) is 31.1. The number of amides is 10. The molecule has 0 aliphatic carbocycles. The van der Waals surface area contributed by atoms with Crippen molar-refractivity contribution in [1.82, 2.24) is 57.7 Å². The number of aromatic hydroxyl groups is 1. The number of benzene rings is 2. The molecule has 0 saturated carbocycles. The van der Waals surface area contributed by atoms with Crippen molar-refractivity contribution in [3.63, 3.8) is 0 Å². The molecule has 1 aromatic heterocycles. The minimum absolute atomic E-state index is 0.00734. The van der Waals surface area contributed by atoms with Crippen LogP contribution in [0.25, 0.3) is 10.9 Å². The number of aromatic amines is 1. The lowest BCUT2D eigenvalue weighted by Crippen LogP contribution is -2.61. The van der Waals surface area contributed by atoms with Gasteiger partial charge in [0.2, 0.25) is 59.1 Å². The molecule has 2 saturated heterocycles. The van der Waals surface area contributed by atoms with Crippen LogP contribution in [0.4, 0.5) is 0 Å². The number of likely N-dealkylation sites (N-methyl/N-ethyl adjacent to an activating group) is 1. The fourth-order valence-electron chi connectivity index (χ4n) is 9.81. The van der Waals surface area contributed by atoms with Crippen LogP contribution in [0.15, 0.2) is 59.7 Å². The zero-order valence-electron chi connectivity index (χ0n) is 47.5. The number of carbonyl (C=O) groups is 10. The van der Waals surface area contributed by atoms with E-state index in [-0.39, 0.29) is 99.8 Å². The number of phenolic OH excluding ortho intramolecular Hbond substituents is 1. The van der Waals surface area contributed by atoms with Gasteiger partial charge in [-0.05, 0) is 100.0 Å². The molecule has 0 radical (unpaired) electrons. The molecule has 82 heavy (non-hydrogen) atoms. The van der Waals surface area contributed by atoms with Crippen LogP contribution in [0, 0.1) is 11.8 Å². The summed E-state index contributed by atoms with van der Waals surface area (Å²) in [5, 5.41) is 45.3. The van der Waals surface area contributed by atoms with Gasteiger partial charge < -0.3 is 79.4 Å². The second-order valence-electron chi connectivity index (χ2n) is 21.7. The number of H-pyrrole nitrogens is 1. The number of guanidine groups is 1. The molecule has 2 fully saturated rings. The van der Waals surface area contributed by atoms with Gasteiger partial charge in [-0.25, -0.2) is 0 Å². The highest BCUT2D eigenvalue weighted by Gasteiger charge is 2.39. The summed E-state index contributed by atoms with van der Waals surface area (Å²) in [7, 11) is 0. The van der Waals surface area contributed by atoms with Gasteiger partial charge in [0.05, 0.1) is 6.61 Å². The van der Waals surface area contributed by atoms with Gasteiger partial charge in [0.25, 0.3) is 0 Å². The van der Waals surface area contributed by atoms with Crippen LogP contribution in [-0.2, 0) is 60.8 Å². The van der Waals surface area contributed by atoms with Gasteiger partial charge in [-0.15, -0.1) is 0 Å². The summed E-state index contributed by atoms with van der Waals surface area (Å²) in [6, 6.07) is 2.07. The lowest BCUT2D eigenvalue weighted by molar-refractivity contribution is -0.142. The van der Waals surface area contributed by atoms with E-state index in [9.17, 15) is 58.2 Å². The van der Waals surface area contributed by atoms with Crippen LogP contribution in [0.1, 0.15) is 104 Å². The number of hydrogen-bond donors (Lipinski definition) is 14. The molecular formula is C56H82N14O12. The molecule has 0 bridgehead atoms. The van der Waals surface area contributed by atoms with E-state index in [1.165, 1.54) is 36.1 Å². The monoisotopic (exact) mass is 1140 g/mol. The number of carbonyl (C=O) groups excluding carboxylic acids is 10. The second-order valence-corrected chi connectivity index (χ2v) is 21.7. The van der Waals surface area contributed by atoms with Gasteiger partial charge in [0, 0.05) is 56.0 Å². The van der Waals surface area contributed by atoms with Crippen molar-refractivity contribution in [3.05, 3.63) is 65.9 Å². The smallest absolute Gasteiger partial charge is 0.245 e. The van der Waals surface area contributed by atoms with Gasteiger partial charge in [0.1, 0.15) is 60.1 Å². The summed E-state index contributed by atoms with van der Waals surface area (Å²) in [5.41, 5.74) is 12.9. The predicted molar refractivity (Wildman–Crippen MR) is 303 cm³/mol. The number of rotatable bonds is 30. The first kappa shape index (κ1) is 64.5. The summed E-state index contributed by atoms with van der Waals surface area (Å²) in [6.45, 7) is 10.2. The molecule has 0 spiro atoms. The standard InChI is InChI=1S/C56H82N14O12/c1-7-59-54(81)45-15-11-23-70(45)55(82)39(14-10-22-60-56(57)58)64-50(77)40(24-30(2)3)65-47(74)32(6)62-49(76)42(26-33-16-18-35(72)19-17-33)67-53(80)44(29-71)69-51(78)41(25-31(4)5)66-52(79)43(68-48(75)38-20-21-46(73)63-38)27-34-28-61-37-13-9-8-12-36(34)37/h8-9,12-13,16-19,28,30-32,38-45,61,71-72H,7,10-11,14-15,20-27,29H2,1-6H3,(H,59,81)(H,62,76)(H,63,73)(H,64,77)(H,65,74)(H,66,79)(H,67,80)(H,68,75)(H,69,78)(H4,57,58,60)/t32-,38+,39+,40+,41+,42+,43+,44+,45+/m1/s1. The number of nitrogens with two attached hydrogens (primary N) is 2. The SMILES string of the molecule is CCNC(=O)[C@@H]1CCCN1C(=O)[C@H](CCCN=C(N)N)NC(=O)[C@H](CC(C)C)NC(=O)[C@@H](C)NC(=O)[C@H](Cc1ccc(O)cc1)NC(=O)[C@H](CO)NC(=O)[C@H](CC(C)C)NC(=O)[C@H](Cc1c[nH]c2ccccc12)NC(=O)[C@@H]1CCC(=O)N1. The van der Waals surface area contributed by atoms with E-state index in [4.69, 9.17) is 11.5 Å². The molecule has 448 valence electrons. The van der Waals surface area contributed by atoms with Gasteiger partial charge in [-0.1, -0.05) is 58.0 Å². The van der Waals surface area contributed by atoms with Crippen molar-refractivity contribution >= 4 is 75.9 Å². The van der Waals surface area contributed by atoms with Gasteiger partial charge in [-0.2, -0.15) is 0 Å². The maximum Gasteiger partial charge on any atom is 0.245 e. The molecule has 2 aromatic carbocycles. The first-order valence-corrected chi connectivity index (χ1v) is 28.0. The summed E-state index contributed by atoms with van der Waals surface area (Å²) < 4.78 is 0. The Labute approximate surface area is 476 Å². The highest BCUT2D eigenvalue weighted by molar-refractivity contribution is 5.99. The number of nitrogens with one attached hydrogen (secondary N) is 10. The van der Waals surface area contributed by atoms with E-state index in [0.717, 1.165) is 10.9 Å². The van der Waals surface area contributed by atoms with Crippen LogP contribution in [0.3, 0.4) is 0 Å². The summed E-state index contributed by atoms with van der Waals surface area (Å²) >= 11 is 0. The topological polar surface area (TPSA) is 403 Å². The number of fused-ring (bicyclic) bond motifs is 1. The molecule has 3 heterocycles. The zero-order valence-corrected chi connectivity index (χ0v) is 47.5. The zero-order chi connectivity index (χ0) is 60.2. The van der Waals surface area contributed by atoms with Crippen molar-refractivity contribution in [3.8, 4) is 5.75 Å². The van der Waals surface area contributed by atoms with E-state index < -0.39 is 108 Å². The molecule has 3 aromatic rings. The number of aromatic nitrogens is 1. The van der Waals surface area contributed by atoms with Gasteiger partial charge >= 0.3 is 0 Å². The van der Waals surface area contributed by atoms with Crippen LogP contribution >= 0.6 is 0 Å². The number of aliphatic hydroxyl groups is 1. The van der Waals surface area contributed by atoms with Crippen molar-refractivity contribution in [1.29, 1.82) is 0 Å². The Balaban J connectivity index is 1.30. The summed E-state index contributed by atoms with van der Waals surface area (Å²) in [5.74, 6) is -7.34. The lowest BCUT2D eigenvalue weighted by atomic mass is 10.00. The van der Waals surface area contributed by atoms with Crippen LogP contribution in [0.2, 0.25) is 0 Å². The number of aliphatic hydroxyl groups excluding tert-OH is 1. The van der Waals surface area contributed by atoms with Crippen molar-refractivity contribution in [2.75, 3.05) is 26.2 Å². The first-order chi connectivity index (χ1) is 39.0. The molecule has 9 atom stereocenters. The van der Waals surface area contributed by atoms with Crippen molar-refractivity contribution in [2.24, 2.45) is 28.3 Å². The normalized spacial score (nSPS) is 17.5. The van der Waals surface area contributed by atoms with E-state index >= 15 is 0 Å². The molecular weight excluding hydrogens is 1060 g/mol. The van der Waals surface area contributed by atoms with Crippen LogP contribution in [0.5, 0.6) is 5.75 Å². The summed E-state index contributed by atoms with van der Waals surface area (Å²) in [6.07, 6.45) is 3.38.